The molecule has 25 heavy (non-hydrogen) atoms. The van der Waals surface area contributed by atoms with E-state index in [0.717, 1.165) is 5.76 Å². The van der Waals surface area contributed by atoms with Gasteiger partial charge in [0.2, 0.25) is 5.95 Å². The summed E-state index contributed by atoms with van der Waals surface area (Å²) in [6.45, 7) is 2.88. The lowest BCUT2D eigenvalue weighted by Crippen LogP contribution is -2.14. The van der Waals surface area contributed by atoms with Gasteiger partial charge in [0, 0.05) is 12.4 Å². The van der Waals surface area contributed by atoms with Crippen molar-refractivity contribution in [2.75, 3.05) is 17.2 Å². The fourth-order valence-corrected chi connectivity index (χ4v) is 2.16. The van der Waals surface area contributed by atoms with E-state index in [1.807, 2.05) is 31.2 Å². The molecule has 0 atom stereocenters. The summed E-state index contributed by atoms with van der Waals surface area (Å²) in [5, 5.41) is 5.83. The van der Waals surface area contributed by atoms with Gasteiger partial charge in [-0.1, -0.05) is 12.1 Å². The third kappa shape index (κ3) is 4.35. The van der Waals surface area contributed by atoms with Crippen LogP contribution in [0.3, 0.4) is 0 Å². The first-order chi connectivity index (χ1) is 12.3. The van der Waals surface area contributed by atoms with Crippen LogP contribution in [0.2, 0.25) is 0 Å². The minimum absolute atomic E-state index is 0.301. The molecule has 0 aliphatic carbocycles. The molecule has 0 unspecified atom stereocenters. The molecule has 0 saturated carbocycles. The molecule has 0 aliphatic rings. The van der Waals surface area contributed by atoms with Crippen molar-refractivity contribution in [3.8, 4) is 5.75 Å². The molecule has 0 spiro atoms. The summed E-state index contributed by atoms with van der Waals surface area (Å²) in [7, 11) is 0. The van der Waals surface area contributed by atoms with Crippen LogP contribution in [0.5, 0.6) is 5.75 Å². The highest BCUT2D eigenvalue weighted by Gasteiger charge is 2.11. The summed E-state index contributed by atoms with van der Waals surface area (Å²) in [5.41, 5.74) is 0.962. The van der Waals surface area contributed by atoms with Crippen molar-refractivity contribution in [3.05, 3.63) is 66.4 Å². The first-order valence-electron chi connectivity index (χ1n) is 7.87. The van der Waals surface area contributed by atoms with Crippen molar-refractivity contribution in [1.82, 2.24) is 9.97 Å². The van der Waals surface area contributed by atoms with Gasteiger partial charge in [-0.05, 0) is 31.2 Å². The van der Waals surface area contributed by atoms with Crippen molar-refractivity contribution < 1.29 is 13.9 Å². The maximum absolute atomic E-state index is 12.3. The molecule has 3 aromatic rings. The number of carbonyl (C=O) groups is 1. The maximum atomic E-state index is 12.3. The van der Waals surface area contributed by atoms with Gasteiger partial charge in [-0.2, -0.15) is 0 Å². The molecule has 0 fully saturated rings. The molecule has 7 nitrogen and oxygen atoms in total. The van der Waals surface area contributed by atoms with E-state index in [1.54, 1.807) is 18.4 Å². The van der Waals surface area contributed by atoms with Crippen LogP contribution in [-0.4, -0.2) is 22.5 Å². The Morgan fingerprint density at radius 1 is 1.16 bits per heavy atom. The molecule has 0 saturated heterocycles. The normalized spacial score (nSPS) is 10.3. The topological polar surface area (TPSA) is 89.3 Å². The summed E-state index contributed by atoms with van der Waals surface area (Å²) in [5.74, 6) is 1.52. The van der Waals surface area contributed by atoms with E-state index in [-0.39, 0.29) is 5.91 Å². The molecule has 2 N–H and O–H groups in total. The van der Waals surface area contributed by atoms with Crippen LogP contribution in [-0.2, 0) is 6.54 Å². The highest BCUT2D eigenvalue weighted by atomic mass is 16.5. The Hall–Kier alpha value is -3.35. The number of carbonyl (C=O) groups excluding carboxylic acids is 1. The van der Waals surface area contributed by atoms with Crippen LogP contribution in [0.15, 0.2) is 59.5 Å². The lowest BCUT2D eigenvalue weighted by Gasteiger charge is -2.11. The summed E-state index contributed by atoms with van der Waals surface area (Å²) in [6, 6.07) is 10.9. The number of furan rings is 1. The van der Waals surface area contributed by atoms with Crippen LogP contribution in [0.1, 0.15) is 23.0 Å². The summed E-state index contributed by atoms with van der Waals surface area (Å²) in [6.07, 6.45) is 4.54. The number of para-hydroxylation sites is 2. The number of nitrogens with one attached hydrogen (secondary N) is 2. The number of anilines is 2. The summed E-state index contributed by atoms with van der Waals surface area (Å²) in [4.78, 5) is 20.6. The van der Waals surface area contributed by atoms with Crippen molar-refractivity contribution >= 4 is 17.5 Å². The van der Waals surface area contributed by atoms with Crippen molar-refractivity contribution in [1.29, 1.82) is 0 Å². The van der Waals surface area contributed by atoms with Gasteiger partial charge in [0.05, 0.1) is 30.7 Å². The number of hydrogen-bond donors (Lipinski definition) is 2. The molecule has 128 valence electrons. The average molecular weight is 338 g/mol. The third-order valence-corrected chi connectivity index (χ3v) is 3.35. The number of benzene rings is 1. The van der Waals surface area contributed by atoms with Crippen molar-refractivity contribution in [2.45, 2.75) is 13.5 Å². The smallest absolute Gasteiger partial charge is 0.258 e. The monoisotopic (exact) mass is 338 g/mol. The predicted molar refractivity (Wildman–Crippen MR) is 93.6 cm³/mol. The van der Waals surface area contributed by atoms with Gasteiger partial charge in [-0.25, -0.2) is 9.97 Å². The second kappa shape index (κ2) is 7.96. The Morgan fingerprint density at radius 2 is 1.96 bits per heavy atom. The first-order valence-corrected chi connectivity index (χ1v) is 7.87. The van der Waals surface area contributed by atoms with Gasteiger partial charge in [-0.3, -0.25) is 4.79 Å². The molecule has 7 heteroatoms. The van der Waals surface area contributed by atoms with E-state index < -0.39 is 0 Å². The van der Waals surface area contributed by atoms with Gasteiger partial charge in [0.25, 0.3) is 5.91 Å². The largest absolute Gasteiger partial charge is 0.492 e. The SMILES string of the molecule is CCOc1ccccc1NC(=O)c1cnc(NCc2ccco2)nc1. The first kappa shape index (κ1) is 16.5. The van der Waals surface area contributed by atoms with Gasteiger partial charge in [-0.15, -0.1) is 0 Å². The van der Waals surface area contributed by atoms with Crippen LogP contribution in [0.4, 0.5) is 11.6 Å². The fourth-order valence-electron chi connectivity index (χ4n) is 2.16. The lowest BCUT2D eigenvalue weighted by molar-refractivity contribution is 0.102. The Morgan fingerprint density at radius 3 is 2.68 bits per heavy atom. The van der Waals surface area contributed by atoms with Gasteiger partial charge < -0.3 is 19.8 Å². The Kier molecular flexibility index (Phi) is 5.26. The Labute approximate surface area is 145 Å². The Balaban J connectivity index is 1.62. The maximum Gasteiger partial charge on any atom is 0.258 e. The van der Waals surface area contributed by atoms with Gasteiger partial charge in [0.1, 0.15) is 11.5 Å². The standard InChI is InChI=1S/C18H18N4O3/c1-2-24-16-8-4-3-7-15(16)22-17(23)13-10-19-18(20-11-13)21-12-14-6-5-9-25-14/h3-11H,2,12H2,1H3,(H,22,23)(H,19,20,21). The number of rotatable bonds is 7. The van der Waals surface area contributed by atoms with E-state index in [9.17, 15) is 4.79 Å². The minimum atomic E-state index is -0.301. The second-order valence-corrected chi connectivity index (χ2v) is 5.11. The molecule has 0 radical (unpaired) electrons. The predicted octanol–water partition coefficient (Wildman–Crippen LogP) is 3.33. The minimum Gasteiger partial charge on any atom is -0.492 e. The number of amides is 1. The molecular formula is C18H18N4O3. The zero-order valence-corrected chi connectivity index (χ0v) is 13.7. The molecule has 2 heterocycles. The fraction of sp³-hybridized carbons (Fsp3) is 0.167. The van der Waals surface area contributed by atoms with E-state index in [0.29, 0.717) is 36.1 Å². The lowest BCUT2D eigenvalue weighted by atomic mass is 10.2. The molecule has 1 aromatic carbocycles. The van der Waals surface area contributed by atoms with Gasteiger partial charge in [0.15, 0.2) is 0 Å². The van der Waals surface area contributed by atoms with Crippen molar-refractivity contribution in [2.24, 2.45) is 0 Å². The summed E-state index contributed by atoms with van der Waals surface area (Å²) >= 11 is 0. The molecular weight excluding hydrogens is 320 g/mol. The van der Waals surface area contributed by atoms with Crippen LogP contribution in [0, 0.1) is 0 Å². The van der Waals surface area contributed by atoms with Crippen molar-refractivity contribution in [3.63, 3.8) is 0 Å². The zero-order valence-electron chi connectivity index (χ0n) is 13.7. The van der Waals surface area contributed by atoms with E-state index >= 15 is 0 Å². The Bertz CT molecular complexity index is 817. The van der Waals surface area contributed by atoms with E-state index in [4.69, 9.17) is 9.15 Å². The third-order valence-electron chi connectivity index (χ3n) is 3.35. The molecule has 1 amide bonds. The summed E-state index contributed by atoms with van der Waals surface area (Å²) < 4.78 is 10.7. The van der Waals surface area contributed by atoms with Crippen LogP contribution >= 0.6 is 0 Å². The second-order valence-electron chi connectivity index (χ2n) is 5.11. The van der Waals surface area contributed by atoms with Gasteiger partial charge >= 0.3 is 0 Å². The number of nitrogens with zero attached hydrogens (tertiary/aromatic N) is 2. The quantitative estimate of drug-likeness (QED) is 0.687. The van der Waals surface area contributed by atoms with E-state index in [2.05, 4.69) is 20.6 Å². The zero-order chi connectivity index (χ0) is 17.5. The highest BCUT2D eigenvalue weighted by Crippen LogP contribution is 2.24. The number of aromatic nitrogens is 2. The highest BCUT2D eigenvalue weighted by molar-refractivity contribution is 6.04. The van der Waals surface area contributed by atoms with E-state index in [1.165, 1.54) is 12.4 Å². The number of ether oxygens (including phenoxy) is 1. The molecule has 3 rings (SSSR count). The molecule has 0 bridgehead atoms. The molecule has 2 aromatic heterocycles. The van der Waals surface area contributed by atoms with Crippen LogP contribution < -0.4 is 15.4 Å². The molecule has 0 aliphatic heterocycles. The number of hydrogen-bond acceptors (Lipinski definition) is 6. The van der Waals surface area contributed by atoms with Crippen LogP contribution in [0.25, 0.3) is 0 Å². The average Bonchev–Trinajstić information content (AvgIpc) is 3.16.